The van der Waals surface area contributed by atoms with Crippen LogP contribution in [-0.4, -0.2) is 11.6 Å². The van der Waals surface area contributed by atoms with Gasteiger partial charge in [0.2, 0.25) is 0 Å². The predicted octanol–water partition coefficient (Wildman–Crippen LogP) is 2.76. The van der Waals surface area contributed by atoms with Gasteiger partial charge >= 0.3 is 0 Å². The average molecular weight is 236 g/mol. The number of hydrogen-bond donors (Lipinski definition) is 1. The number of benzene rings is 1. The molecule has 2 aromatic rings. The molecular weight excluding hydrogens is 220 g/mol. The van der Waals surface area contributed by atoms with E-state index in [-0.39, 0.29) is 0 Å². The molecule has 0 amide bonds. The molecule has 2 rings (SSSR count). The number of fused-ring (bicyclic) bond motifs is 1. The van der Waals surface area contributed by atoms with Crippen LogP contribution in [-0.2, 0) is 11.3 Å². The summed E-state index contributed by atoms with van der Waals surface area (Å²) in [4.78, 5) is 9.23. The molecule has 1 aromatic carbocycles. The maximum absolute atomic E-state index is 5.05. The van der Waals surface area contributed by atoms with E-state index in [0.717, 1.165) is 18.4 Å². The molecule has 1 aromatic heterocycles. The van der Waals surface area contributed by atoms with Crippen LogP contribution in [0.2, 0.25) is 0 Å². The molecule has 3 nitrogen and oxygen atoms in total. The second-order valence-electron chi connectivity index (χ2n) is 4.05. The molecule has 86 valence electrons. The van der Waals surface area contributed by atoms with E-state index in [1.165, 1.54) is 9.71 Å². The molecule has 0 aliphatic heterocycles. The van der Waals surface area contributed by atoms with Gasteiger partial charge in [-0.3, -0.25) is 0 Å². The highest BCUT2D eigenvalue weighted by Crippen LogP contribution is 2.23. The fourth-order valence-corrected chi connectivity index (χ4v) is 2.63. The van der Waals surface area contributed by atoms with Gasteiger partial charge in [-0.05, 0) is 30.9 Å². The zero-order valence-electron chi connectivity index (χ0n) is 9.35. The minimum atomic E-state index is 0.483. The standard InChI is InChI=1S/C12H16N2OS/c1-9(8-15-13)6-7-12-14-10-4-2-3-5-11(10)16-12/h2-5,9H,6-8,13H2,1H3. The summed E-state index contributed by atoms with van der Waals surface area (Å²) in [7, 11) is 0. The van der Waals surface area contributed by atoms with Crippen molar-refractivity contribution >= 4 is 21.6 Å². The van der Waals surface area contributed by atoms with Crippen LogP contribution in [0.3, 0.4) is 0 Å². The van der Waals surface area contributed by atoms with Crippen LogP contribution >= 0.6 is 11.3 Å². The maximum atomic E-state index is 5.05. The topological polar surface area (TPSA) is 48.1 Å². The van der Waals surface area contributed by atoms with Crippen molar-refractivity contribution < 1.29 is 4.84 Å². The molecule has 0 fully saturated rings. The van der Waals surface area contributed by atoms with Gasteiger partial charge in [-0.15, -0.1) is 11.3 Å². The van der Waals surface area contributed by atoms with E-state index in [1.807, 2.05) is 6.07 Å². The molecule has 4 heteroatoms. The van der Waals surface area contributed by atoms with E-state index in [9.17, 15) is 0 Å². The lowest BCUT2D eigenvalue weighted by Crippen LogP contribution is -2.10. The maximum Gasteiger partial charge on any atom is 0.0938 e. The molecular formula is C12H16N2OS. The van der Waals surface area contributed by atoms with E-state index >= 15 is 0 Å². The summed E-state index contributed by atoms with van der Waals surface area (Å²) in [5, 5.41) is 1.20. The summed E-state index contributed by atoms with van der Waals surface area (Å²) >= 11 is 1.77. The predicted molar refractivity (Wildman–Crippen MR) is 67.2 cm³/mol. The number of aryl methyl sites for hydroxylation is 1. The third-order valence-corrected chi connectivity index (χ3v) is 3.67. The first-order chi connectivity index (χ1) is 7.79. The van der Waals surface area contributed by atoms with Gasteiger partial charge < -0.3 is 4.84 Å². The number of nitrogens with zero attached hydrogens (tertiary/aromatic N) is 1. The molecule has 0 spiro atoms. The Morgan fingerprint density at radius 3 is 3.00 bits per heavy atom. The largest absolute Gasteiger partial charge is 0.304 e. The van der Waals surface area contributed by atoms with Crippen LogP contribution in [0, 0.1) is 5.92 Å². The molecule has 0 bridgehead atoms. The van der Waals surface area contributed by atoms with Crippen LogP contribution in [0.4, 0.5) is 0 Å². The van der Waals surface area contributed by atoms with Gasteiger partial charge in [0.15, 0.2) is 0 Å². The van der Waals surface area contributed by atoms with Crippen LogP contribution in [0.5, 0.6) is 0 Å². The summed E-state index contributed by atoms with van der Waals surface area (Å²) in [6, 6.07) is 8.25. The molecule has 1 atom stereocenters. The Morgan fingerprint density at radius 1 is 1.44 bits per heavy atom. The molecule has 0 aliphatic carbocycles. The van der Waals surface area contributed by atoms with Gasteiger partial charge in [-0.1, -0.05) is 19.1 Å². The van der Waals surface area contributed by atoms with Crippen molar-refractivity contribution in [3.05, 3.63) is 29.3 Å². The molecule has 0 radical (unpaired) electrons. The third-order valence-electron chi connectivity index (χ3n) is 2.57. The zero-order chi connectivity index (χ0) is 11.4. The summed E-state index contributed by atoms with van der Waals surface area (Å²) in [6.07, 6.45) is 2.07. The van der Waals surface area contributed by atoms with Crippen molar-refractivity contribution in [1.82, 2.24) is 4.98 Å². The van der Waals surface area contributed by atoms with Crippen LogP contribution in [0.1, 0.15) is 18.4 Å². The van der Waals surface area contributed by atoms with Crippen molar-refractivity contribution in [3.63, 3.8) is 0 Å². The quantitative estimate of drug-likeness (QED) is 0.812. The minimum Gasteiger partial charge on any atom is -0.304 e. The SMILES string of the molecule is CC(CCc1nc2ccccc2s1)CON. The van der Waals surface area contributed by atoms with Crippen molar-refractivity contribution in [3.8, 4) is 0 Å². The summed E-state index contributed by atoms with van der Waals surface area (Å²) < 4.78 is 1.26. The highest BCUT2D eigenvalue weighted by atomic mass is 32.1. The fraction of sp³-hybridized carbons (Fsp3) is 0.417. The smallest absolute Gasteiger partial charge is 0.0938 e. The van der Waals surface area contributed by atoms with E-state index < -0.39 is 0 Å². The first kappa shape index (κ1) is 11.5. The van der Waals surface area contributed by atoms with Crippen molar-refractivity contribution in [2.45, 2.75) is 19.8 Å². The molecule has 2 N–H and O–H groups in total. The lowest BCUT2D eigenvalue weighted by molar-refractivity contribution is 0.104. The Labute approximate surface area is 99.2 Å². The highest BCUT2D eigenvalue weighted by Gasteiger charge is 2.06. The monoisotopic (exact) mass is 236 g/mol. The lowest BCUT2D eigenvalue weighted by Gasteiger charge is -2.06. The van der Waals surface area contributed by atoms with Gasteiger partial charge in [0.1, 0.15) is 0 Å². The number of rotatable bonds is 5. The lowest BCUT2D eigenvalue weighted by atomic mass is 10.1. The second-order valence-corrected chi connectivity index (χ2v) is 5.17. The Balaban J connectivity index is 1.99. The number of nitrogens with two attached hydrogens (primary N) is 1. The molecule has 1 unspecified atom stereocenters. The van der Waals surface area contributed by atoms with Crippen molar-refractivity contribution in [2.24, 2.45) is 11.8 Å². The highest BCUT2D eigenvalue weighted by molar-refractivity contribution is 7.18. The van der Waals surface area contributed by atoms with E-state index in [1.54, 1.807) is 11.3 Å². The van der Waals surface area contributed by atoms with E-state index in [0.29, 0.717) is 12.5 Å². The average Bonchev–Trinajstić information content (AvgIpc) is 2.69. The van der Waals surface area contributed by atoms with Gasteiger partial charge in [-0.25, -0.2) is 10.9 Å². The van der Waals surface area contributed by atoms with Crippen LogP contribution in [0.25, 0.3) is 10.2 Å². The summed E-state index contributed by atoms with van der Waals surface area (Å²) in [6.45, 7) is 2.76. The zero-order valence-corrected chi connectivity index (χ0v) is 10.2. The van der Waals surface area contributed by atoms with Crippen molar-refractivity contribution in [1.29, 1.82) is 0 Å². The minimum absolute atomic E-state index is 0.483. The van der Waals surface area contributed by atoms with Gasteiger partial charge in [0, 0.05) is 0 Å². The molecule has 0 saturated heterocycles. The summed E-state index contributed by atoms with van der Waals surface area (Å²) in [5.74, 6) is 5.53. The molecule has 0 aliphatic rings. The fourth-order valence-electron chi connectivity index (χ4n) is 1.64. The number of para-hydroxylation sites is 1. The number of aromatic nitrogens is 1. The Kier molecular flexibility index (Phi) is 3.88. The first-order valence-electron chi connectivity index (χ1n) is 5.45. The normalized spacial score (nSPS) is 13.1. The van der Waals surface area contributed by atoms with Crippen molar-refractivity contribution in [2.75, 3.05) is 6.61 Å². The third kappa shape index (κ3) is 2.78. The Bertz CT molecular complexity index is 422. The van der Waals surface area contributed by atoms with E-state index in [4.69, 9.17) is 5.90 Å². The summed E-state index contributed by atoms with van der Waals surface area (Å²) in [5.41, 5.74) is 1.10. The van der Waals surface area contributed by atoms with E-state index in [2.05, 4.69) is 34.9 Å². The molecule has 0 saturated carbocycles. The molecule has 16 heavy (non-hydrogen) atoms. The number of hydrogen-bond acceptors (Lipinski definition) is 4. The van der Waals surface area contributed by atoms with Gasteiger partial charge in [0.05, 0.1) is 21.8 Å². The second kappa shape index (κ2) is 5.39. The van der Waals surface area contributed by atoms with Crippen LogP contribution < -0.4 is 5.90 Å². The van der Waals surface area contributed by atoms with Gasteiger partial charge in [0.25, 0.3) is 0 Å². The number of thiazole rings is 1. The first-order valence-corrected chi connectivity index (χ1v) is 6.27. The van der Waals surface area contributed by atoms with Gasteiger partial charge in [-0.2, -0.15) is 0 Å². The Hall–Kier alpha value is -0.970. The van der Waals surface area contributed by atoms with Crippen LogP contribution in [0.15, 0.2) is 24.3 Å². The molecule has 1 heterocycles. The Morgan fingerprint density at radius 2 is 2.25 bits per heavy atom.